The summed E-state index contributed by atoms with van der Waals surface area (Å²) in [7, 11) is 0. The predicted molar refractivity (Wildman–Crippen MR) is 89.4 cm³/mol. The molecule has 1 fully saturated rings. The molecule has 0 unspecified atom stereocenters. The van der Waals surface area contributed by atoms with Crippen molar-refractivity contribution in [2.75, 3.05) is 5.32 Å². The number of anilines is 1. The van der Waals surface area contributed by atoms with Crippen LogP contribution in [-0.4, -0.2) is 16.9 Å². The molecule has 1 saturated carbocycles. The summed E-state index contributed by atoms with van der Waals surface area (Å²) in [6.45, 7) is 0. The Balaban J connectivity index is 1.94. The van der Waals surface area contributed by atoms with Crippen LogP contribution < -0.4 is 5.32 Å². The minimum Gasteiger partial charge on any atom is -0.325 e. The average molecular weight is 394 g/mol. The lowest BCUT2D eigenvalue weighted by Gasteiger charge is -2.07. The number of benzene rings is 2. The van der Waals surface area contributed by atoms with Crippen molar-refractivity contribution in [3.05, 3.63) is 73.2 Å². The molecule has 1 heterocycles. The summed E-state index contributed by atoms with van der Waals surface area (Å²) in [6.07, 6.45) is 0. The van der Waals surface area contributed by atoms with E-state index in [-0.39, 0.29) is 10.8 Å². The first kappa shape index (κ1) is 14.7. The summed E-state index contributed by atoms with van der Waals surface area (Å²) in [6, 6.07) is 11.3. The minimum absolute atomic E-state index is 0.336. The van der Waals surface area contributed by atoms with Crippen molar-refractivity contribution in [3.63, 3.8) is 0 Å². The molecule has 3 atom stereocenters. The van der Waals surface area contributed by atoms with E-state index in [0.29, 0.717) is 16.3 Å². The second-order valence-electron chi connectivity index (χ2n) is 5.74. The van der Waals surface area contributed by atoms with Gasteiger partial charge in [-0.15, -0.1) is 0 Å². The molecule has 0 bridgehead atoms. The third-order valence-corrected chi connectivity index (χ3v) is 5.64. The highest BCUT2D eigenvalue weighted by molar-refractivity contribution is 9.10. The van der Waals surface area contributed by atoms with Crippen LogP contribution in [0.3, 0.4) is 0 Å². The van der Waals surface area contributed by atoms with Crippen molar-refractivity contribution in [3.8, 4) is 0 Å². The zero-order valence-corrected chi connectivity index (χ0v) is 14.0. The van der Waals surface area contributed by atoms with Gasteiger partial charge in [-0.05, 0) is 29.8 Å². The molecule has 1 amide bonds. The number of halogens is 2. The normalized spacial score (nSPS) is 27.7. The maximum absolute atomic E-state index is 12.7. The minimum atomic E-state index is -1.19. The molecule has 4 rings (SSSR count). The highest BCUT2D eigenvalue weighted by Crippen LogP contribution is 2.67. The number of nitro groups is 1. The Morgan fingerprint density at radius 2 is 2.00 bits per heavy atom. The molecule has 2 aromatic carbocycles. The number of rotatable bonds is 2. The highest BCUT2D eigenvalue weighted by atomic mass is 79.9. The molecule has 1 aliphatic heterocycles. The van der Waals surface area contributed by atoms with E-state index in [0.717, 1.165) is 10.0 Å². The number of amides is 1. The van der Waals surface area contributed by atoms with Crippen LogP contribution in [0.2, 0.25) is 5.02 Å². The van der Waals surface area contributed by atoms with Gasteiger partial charge in [-0.1, -0.05) is 45.7 Å². The summed E-state index contributed by atoms with van der Waals surface area (Å²) < 4.78 is 0.761. The number of fused-ring (bicyclic) bond motifs is 2. The van der Waals surface area contributed by atoms with Gasteiger partial charge in [-0.25, -0.2) is 0 Å². The standard InChI is InChI=1S/C16H10BrClN2O3/c17-11-4-2-1-3-9(11)13-14(20(22)23)16(13)10-7-8(18)5-6-12(10)19-15(16)21/h1-7,13-14H,(H,19,21)/t13-,14-,16+/m0/s1. The fourth-order valence-corrected chi connectivity index (χ4v) is 4.42. The molecule has 0 saturated heterocycles. The monoisotopic (exact) mass is 392 g/mol. The number of nitrogens with one attached hydrogen (secondary N) is 1. The molecule has 23 heavy (non-hydrogen) atoms. The van der Waals surface area contributed by atoms with Crippen molar-refractivity contribution in [1.29, 1.82) is 0 Å². The van der Waals surface area contributed by atoms with Gasteiger partial charge in [0, 0.05) is 25.7 Å². The largest absolute Gasteiger partial charge is 0.325 e. The lowest BCUT2D eigenvalue weighted by atomic mass is 9.92. The van der Waals surface area contributed by atoms with Gasteiger partial charge in [0.1, 0.15) is 0 Å². The first-order chi connectivity index (χ1) is 11.0. The molecule has 0 aromatic heterocycles. The van der Waals surface area contributed by atoms with Crippen molar-refractivity contribution >= 4 is 39.1 Å². The Bertz CT molecular complexity index is 872. The summed E-state index contributed by atoms with van der Waals surface area (Å²) >= 11 is 9.50. The topological polar surface area (TPSA) is 72.2 Å². The van der Waals surface area contributed by atoms with Gasteiger partial charge < -0.3 is 5.32 Å². The summed E-state index contributed by atoms with van der Waals surface area (Å²) in [5, 5.41) is 14.9. The number of carbonyl (C=O) groups is 1. The number of nitrogens with zero attached hydrogens (tertiary/aromatic N) is 1. The SMILES string of the molecule is O=C1Nc2ccc(Cl)cc2[C@@]12[C@@H]([N+](=O)[O-])[C@@H]2c1ccccc1Br. The van der Waals surface area contributed by atoms with Crippen LogP contribution in [0.4, 0.5) is 5.69 Å². The number of carbonyl (C=O) groups excluding carboxylic acids is 1. The predicted octanol–water partition coefficient (Wildman–Crippen LogP) is 3.74. The second kappa shape index (κ2) is 4.79. The van der Waals surface area contributed by atoms with E-state index in [1.54, 1.807) is 18.2 Å². The summed E-state index contributed by atoms with van der Waals surface area (Å²) in [5.41, 5.74) is 0.781. The van der Waals surface area contributed by atoms with Gasteiger partial charge >= 0.3 is 0 Å². The lowest BCUT2D eigenvalue weighted by Crippen LogP contribution is -2.26. The van der Waals surface area contributed by atoms with Crippen molar-refractivity contribution in [1.82, 2.24) is 0 Å². The first-order valence-corrected chi connectivity index (χ1v) is 8.14. The molecule has 1 spiro atoms. The van der Waals surface area contributed by atoms with E-state index in [1.807, 2.05) is 24.3 Å². The zero-order valence-electron chi connectivity index (χ0n) is 11.6. The quantitative estimate of drug-likeness (QED) is 0.624. The van der Waals surface area contributed by atoms with Crippen LogP contribution in [0, 0.1) is 10.1 Å². The molecular weight excluding hydrogens is 384 g/mol. The van der Waals surface area contributed by atoms with Crippen LogP contribution in [0.5, 0.6) is 0 Å². The molecule has 1 aliphatic carbocycles. The van der Waals surface area contributed by atoms with E-state index < -0.39 is 17.4 Å². The molecule has 1 N–H and O–H groups in total. The maximum atomic E-state index is 12.7. The summed E-state index contributed by atoms with van der Waals surface area (Å²) in [4.78, 5) is 23.9. The average Bonchev–Trinajstić information content (AvgIpc) is 3.12. The van der Waals surface area contributed by atoms with E-state index in [4.69, 9.17) is 11.6 Å². The van der Waals surface area contributed by atoms with Gasteiger partial charge in [0.2, 0.25) is 11.9 Å². The zero-order chi connectivity index (χ0) is 16.4. The molecular formula is C16H10BrClN2O3. The Labute approximate surface area is 144 Å². The molecule has 5 nitrogen and oxygen atoms in total. The third-order valence-electron chi connectivity index (χ3n) is 4.68. The lowest BCUT2D eigenvalue weighted by molar-refractivity contribution is -0.499. The van der Waals surface area contributed by atoms with E-state index >= 15 is 0 Å². The van der Waals surface area contributed by atoms with Crippen LogP contribution in [-0.2, 0) is 10.2 Å². The fourth-order valence-electron chi connectivity index (χ4n) is 3.72. The van der Waals surface area contributed by atoms with Gasteiger partial charge in [-0.2, -0.15) is 0 Å². The highest BCUT2D eigenvalue weighted by Gasteiger charge is 2.82. The van der Waals surface area contributed by atoms with E-state index in [1.165, 1.54) is 0 Å². The van der Waals surface area contributed by atoms with Gasteiger partial charge in [0.25, 0.3) is 0 Å². The smallest absolute Gasteiger partial charge is 0.243 e. The van der Waals surface area contributed by atoms with Crippen molar-refractivity contribution < 1.29 is 9.72 Å². The Morgan fingerprint density at radius 3 is 2.70 bits per heavy atom. The first-order valence-electron chi connectivity index (χ1n) is 6.97. The molecule has 2 aromatic rings. The van der Waals surface area contributed by atoms with Crippen LogP contribution in [0.1, 0.15) is 17.0 Å². The maximum Gasteiger partial charge on any atom is 0.243 e. The van der Waals surface area contributed by atoms with Crippen molar-refractivity contribution in [2.45, 2.75) is 17.4 Å². The molecule has 7 heteroatoms. The van der Waals surface area contributed by atoms with Crippen LogP contribution in [0.15, 0.2) is 46.9 Å². The fraction of sp³-hybridized carbons (Fsp3) is 0.188. The van der Waals surface area contributed by atoms with E-state index in [9.17, 15) is 14.9 Å². The molecule has 2 aliphatic rings. The molecule has 116 valence electrons. The Morgan fingerprint density at radius 1 is 1.26 bits per heavy atom. The van der Waals surface area contributed by atoms with Gasteiger partial charge in [-0.3, -0.25) is 14.9 Å². The number of hydrogen-bond acceptors (Lipinski definition) is 3. The second-order valence-corrected chi connectivity index (χ2v) is 7.03. The summed E-state index contributed by atoms with van der Waals surface area (Å²) in [5.74, 6) is -0.856. The third kappa shape index (κ3) is 1.82. The van der Waals surface area contributed by atoms with E-state index in [2.05, 4.69) is 21.2 Å². The Kier molecular flexibility index (Phi) is 3.05. The van der Waals surface area contributed by atoms with Crippen LogP contribution >= 0.6 is 27.5 Å². The van der Waals surface area contributed by atoms with Crippen molar-refractivity contribution in [2.24, 2.45) is 0 Å². The number of hydrogen-bond donors (Lipinski definition) is 1. The van der Waals surface area contributed by atoms with Gasteiger partial charge in [0.05, 0.1) is 5.92 Å². The van der Waals surface area contributed by atoms with Gasteiger partial charge in [0.15, 0.2) is 5.41 Å². The van der Waals surface area contributed by atoms with Crippen LogP contribution in [0.25, 0.3) is 0 Å². The molecule has 0 radical (unpaired) electrons. The Hall–Kier alpha value is -1.92.